The molecule has 0 aliphatic carbocycles. The van der Waals surface area contributed by atoms with Crippen molar-refractivity contribution in [2.45, 2.75) is 6.92 Å². The van der Waals surface area contributed by atoms with E-state index in [1.54, 1.807) is 6.92 Å². The molecule has 0 unspecified atom stereocenters. The van der Waals surface area contributed by atoms with E-state index in [0.717, 1.165) is 0 Å². The Kier molecular flexibility index (Phi) is 2.57. The van der Waals surface area contributed by atoms with Crippen molar-refractivity contribution in [3.63, 3.8) is 0 Å². The van der Waals surface area contributed by atoms with Crippen LogP contribution >= 0.6 is 0 Å². The van der Waals surface area contributed by atoms with Gasteiger partial charge in [0, 0.05) is 6.20 Å². The first kappa shape index (κ1) is 8.45. The van der Waals surface area contributed by atoms with Crippen LogP contribution in [0.15, 0.2) is 17.1 Å². The highest BCUT2D eigenvalue weighted by atomic mass is 16.5. The van der Waals surface area contributed by atoms with Gasteiger partial charge in [-0.2, -0.15) is 5.10 Å². The molecule has 0 atom stereocenters. The Labute approximate surface area is 68.4 Å². The lowest BCUT2D eigenvalue weighted by molar-refractivity contribution is 0.0524. The van der Waals surface area contributed by atoms with Crippen molar-refractivity contribution in [3.8, 4) is 0 Å². The Morgan fingerprint density at radius 1 is 1.75 bits per heavy atom. The van der Waals surface area contributed by atoms with E-state index < -0.39 is 11.5 Å². The summed E-state index contributed by atoms with van der Waals surface area (Å²) in [6.07, 6.45) is 1.33. The first-order chi connectivity index (χ1) is 5.75. The summed E-state index contributed by atoms with van der Waals surface area (Å²) in [5, 5.41) is 5.57. The Morgan fingerprint density at radius 2 is 2.50 bits per heavy atom. The lowest BCUT2D eigenvalue weighted by Crippen LogP contribution is -2.19. The molecular weight excluding hydrogens is 160 g/mol. The first-order valence-electron chi connectivity index (χ1n) is 3.46. The van der Waals surface area contributed by atoms with Gasteiger partial charge in [0.25, 0.3) is 5.56 Å². The van der Waals surface area contributed by atoms with E-state index in [1.807, 2.05) is 0 Å². The molecule has 0 bridgehead atoms. The topological polar surface area (TPSA) is 72.0 Å². The number of nitrogens with one attached hydrogen (secondary N) is 1. The predicted octanol–water partition coefficient (Wildman–Crippen LogP) is -0.0534. The maximum Gasteiger partial charge on any atom is 0.343 e. The fourth-order valence-corrected chi connectivity index (χ4v) is 0.713. The van der Waals surface area contributed by atoms with Crippen LogP contribution in [0.4, 0.5) is 0 Å². The summed E-state index contributed by atoms with van der Waals surface area (Å²) in [5.74, 6) is -0.624. The molecule has 1 N–H and O–H groups in total. The third kappa shape index (κ3) is 1.69. The normalized spacial score (nSPS) is 9.42. The SMILES string of the molecule is CCOC(=O)c1ccn[nH]c1=O. The number of hydrogen-bond donors (Lipinski definition) is 1. The standard InChI is InChI=1S/C7H8N2O3/c1-2-12-7(11)5-3-4-8-9-6(5)10/h3-4H,2H2,1H3,(H,9,10). The van der Waals surface area contributed by atoms with Crippen LogP contribution in [0, 0.1) is 0 Å². The number of nitrogens with zero attached hydrogens (tertiary/aromatic N) is 1. The molecule has 5 heteroatoms. The monoisotopic (exact) mass is 168 g/mol. The molecule has 1 rings (SSSR count). The van der Waals surface area contributed by atoms with E-state index >= 15 is 0 Å². The van der Waals surface area contributed by atoms with Crippen LogP contribution in [-0.2, 0) is 4.74 Å². The van der Waals surface area contributed by atoms with Crippen molar-refractivity contribution in [2.75, 3.05) is 6.61 Å². The van der Waals surface area contributed by atoms with Crippen LogP contribution < -0.4 is 5.56 Å². The second-order valence-corrected chi connectivity index (χ2v) is 2.02. The molecule has 0 saturated carbocycles. The molecule has 1 aromatic rings. The van der Waals surface area contributed by atoms with E-state index in [-0.39, 0.29) is 12.2 Å². The highest BCUT2D eigenvalue weighted by molar-refractivity contribution is 5.88. The number of carbonyl (C=O) groups excluding carboxylic acids is 1. The predicted molar refractivity (Wildman–Crippen MR) is 40.8 cm³/mol. The average molecular weight is 168 g/mol. The van der Waals surface area contributed by atoms with Crippen LogP contribution in [0.25, 0.3) is 0 Å². The smallest absolute Gasteiger partial charge is 0.343 e. The molecule has 0 fully saturated rings. The number of H-pyrrole nitrogens is 1. The van der Waals surface area contributed by atoms with Gasteiger partial charge in [-0.15, -0.1) is 0 Å². The van der Waals surface area contributed by atoms with Gasteiger partial charge in [0.2, 0.25) is 0 Å². The van der Waals surface area contributed by atoms with Gasteiger partial charge in [-0.05, 0) is 13.0 Å². The summed E-state index contributed by atoms with van der Waals surface area (Å²) in [4.78, 5) is 21.9. The van der Waals surface area contributed by atoms with Crippen LogP contribution in [0.5, 0.6) is 0 Å². The third-order valence-electron chi connectivity index (χ3n) is 1.22. The molecule has 0 aliphatic rings. The average Bonchev–Trinajstić information content (AvgIpc) is 2.05. The number of aromatic amines is 1. The van der Waals surface area contributed by atoms with Gasteiger partial charge in [-0.1, -0.05) is 0 Å². The Morgan fingerprint density at radius 3 is 3.08 bits per heavy atom. The Balaban J connectivity index is 2.95. The van der Waals surface area contributed by atoms with Gasteiger partial charge in [0.1, 0.15) is 5.56 Å². The zero-order valence-electron chi connectivity index (χ0n) is 6.53. The first-order valence-corrected chi connectivity index (χ1v) is 3.46. The molecule has 0 saturated heterocycles. The lowest BCUT2D eigenvalue weighted by Gasteiger charge is -1.98. The second-order valence-electron chi connectivity index (χ2n) is 2.02. The fraction of sp³-hybridized carbons (Fsp3) is 0.286. The minimum Gasteiger partial charge on any atom is -0.462 e. The third-order valence-corrected chi connectivity index (χ3v) is 1.22. The zero-order valence-corrected chi connectivity index (χ0v) is 6.53. The van der Waals surface area contributed by atoms with Crippen molar-refractivity contribution < 1.29 is 9.53 Å². The Bertz CT molecular complexity index is 331. The van der Waals surface area contributed by atoms with Crippen LogP contribution in [0.1, 0.15) is 17.3 Å². The molecule has 0 aromatic carbocycles. The summed E-state index contributed by atoms with van der Waals surface area (Å²) in [7, 11) is 0. The quantitative estimate of drug-likeness (QED) is 0.628. The summed E-state index contributed by atoms with van der Waals surface area (Å²) < 4.78 is 4.62. The van der Waals surface area contributed by atoms with Gasteiger partial charge in [-0.3, -0.25) is 4.79 Å². The molecule has 5 nitrogen and oxygen atoms in total. The molecule has 0 radical (unpaired) electrons. The molecule has 0 aliphatic heterocycles. The summed E-state index contributed by atoms with van der Waals surface area (Å²) in [6.45, 7) is 1.92. The maximum atomic E-state index is 11.0. The summed E-state index contributed by atoms with van der Waals surface area (Å²) in [6, 6.07) is 1.32. The van der Waals surface area contributed by atoms with E-state index in [1.165, 1.54) is 12.3 Å². The van der Waals surface area contributed by atoms with Crippen molar-refractivity contribution in [1.29, 1.82) is 0 Å². The summed E-state index contributed by atoms with van der Waals surface area (Å²) >= 11 is 0. The van der Waals surface area contributed by atoms with Gasteiger partial charge in [-0.25, -0.2) is 9.89 Å². The number of rotatable bonds is 2. The molecular formula is C7H8N2O3. The Hall–Kier alpha value is -1.65. The van der Waals surface area contributed by atoms with Crippen LogP contribution in [-0.4, -0.2) is 22.8 Å². The zero-order chi connectivity index (χ0) is 8.97. The molecule has 1 heterocycles. The number of carbonyl (C=O) groups is 1. The maximum absolute atomic E-state index is 11.0. The van der Waals surface area contributed by atoms with Crippen molar-refractivity contribution in [2.24, 2.45) is 0 Å². The number of esters is 1. The van der Waals surface area contributed by atoms with E-state index in [4.69, 9.17) is 0 Å². The van der Waals surface area contributed by atoms with Gasteiger partial charge < -0.3 is 4.74 Å². The molecule has 12 heavy (non-hydrogen) atoms. The van der Waals surface area contributed by atoms with E-state index in [9.17, 15) is 9.59 Å². The van der Waals surface area contributed by atoms with Crippen molar-refractivity contribution in [1.82, 2.24) is 10.2 Å². The minimum absolute atomic E-state index is 0.0214. The summed E-state index contributed by atoms with van der Waals surface area (Å²) in [5.41, 5.74) is -0.553. The highest BCUT2D eigenvalue weighted by Crippen LogP contribution is 1.91. The molecule has 0 amide bonds. The van der Waals surface area contributed by atoms with Crippen molar-refractivity contribution in [3.05, 3.63) is 28.2 Å². The molecule has 1 aromatic heterocycles. The van der Waals surface area contributed by atoms with E-state index in [2.05, 4.69) is 14.9 Å². The van der Waals surface area contributed by atoms with Crippen LogP contribution in [0.3, 0.4) is 0 Å². The molecule has 0 spiro atoms. The van der Waals surface area contributed by atoms with Crippen LogP contribution in [0.2, 0.25) is 0 Å². The minimum atomic E-state index is -0.624. The highest BCUT2D eigenvalue weighted by Gasteiger charge is 2.09. The van der Waals surface area contributed by atoms with Gasteiger partial charge in [0.15, 0.2) is 0 Å². The number of hydrogen-bond acceptors (Lipinski definition) is 4. The van der Waals surface area contributed by atoms with Gasteiger partial charge >= 0.3 is 5.97 Å². The largest absolute Gasteiger partial charge is 0.462 e. The lowest BCUT2D eigenvalue weighted by atomic mass is 10.3. The second kappa shape index (κ2) is 3.66. The molecule has 64 valence electrons. The van der Waals surface area contributed by atoms with E-state index in [0.29, 0.717) is 0 Å². The van der Waals surface area contributed by atoms with Gasteiger partial charge in [0.05, 0.1) is 6.61 Å². The number of aromatic nitrogens is 2. The number of ether oxygens (including phenoxy) is 1. The fourth-order valence-electron chi connectivity index (χ4n) is 0.713. The van der Waals surface area contributed by atoms with Crippen molar-refractivity contribution >= 4 is 5.97 Å².